The number of esters is 1. The summed E-state index contributed by atoms with van der Waals surface area (Å²) < 4.78 is 5.30. The van der Waals surface area contributed by atoms with Gasteiger partial charge in [0.05, 0.1) is 5.92 Å². The Kier molecular flexibility index (Phi) is 16.4. The van der Waals surface area contributed by atoms with Crippen LogP contribution in [0, 0.1) is 37.0 Å². The molecule has 2 fully saturated rings. The van der Waals surface area contributed by atoms with Gasteiger partial charge in [-0.1, -0.05) is 32.1 Å². The van der Waals surface area contributed by atoms with Crippen LogP contribution < -0.4 is 5.73 Å². The van der Waals surface area contributed by atoms with Crippen LogP contribution in [0.25, 0.3) is 5.32 Å². The molecule has 1 aliphatic carbocycles. The van der Waals surface area contributed by atoms with Gasteiger partial charge in [0.1, 0.15) is 5.60 Å². The van der Waals surface area contributed by atoms with Crippen LogP contribution in [0.1, 0.15) is 65.7 Å². The van der Waals surface area contributed by atoms with Gasteiger partial charge in [-0.05, 0) is 33.6 Å². The van der Waals surface area contributed by atoms with Gasteiger partial charge in [-0.25, -0.2) is 0 Å². The third-order valence-electron chi connectivity index (χ3n) is 3.66. The normalized spacial score (nSPS) is 19.2. The number of piperidine rings is 1. The molecule has 0 amide bonds. The molecule has 3 N–H and O–H groups in total. The molecule has 1 saturated carbocycles. The van der Waals surface area contributed by atoms with Gasteiger partial charge in [0.2, 0.25) is 0 Å². The van der Waals surface area contributed by atoms with E-state index in [0.29, 0.717) is 6.04 Å². The van der Waals surface area contributed by atoms with E-state index in [1.54, 1.807) is 0 Å². The molecule has 0 unspecified atom stereocenters. The van der Waals surface area contributed by atoms with E-state index in [-0.39, 0.29) is 48.6 Å². The first-order valence-electron chi connectivity index (χ1n) is 8.45. The van der Waals surface area contributed by atoms with Gasteiger partial charge in [0.25, 0.3) is 0 Å². The van der Waals surface area contributed by atoms with E-state index >= 15 is 0 Å². The Morgan fingerprint density at radius 3 is 1.87 bits per heavy atom. The Hall–Kier alpha value is 0.402. The molecule has 1 saturated heterocycles. The van der Waals surface area contributed by atoms with Crippen LogP contribution in [-0.4, -0.2) is 42.9 Å². The molecule has 0 aromatic rings. The summed E-state index contributed by atoms with van der Waals surface area (Å²) in [6.07, 6.45) is 8.37. The van der Waals surface area contributed by atoms with Crippen LogP contribution in [0.3, 0.4) is 0 Å². The Balaban J connectivity index is 0. The molecule has 2 aliphatic rings. The van der Waals surface area contributed by atoms with Gasteiger partial charge in [-0.3, -0.25) is 4.79 Å². The van der Waals surface area contributed by atoms with E-state index in [4.69, 9.17) is 15.6 Å². The predicted molar refractivity (Wildman–Crippen MR) is 90.9 cm³/mol. The number of carbonyl (C=O) groups is 1. The van der Waals surface area contributed by atoms with E-state index in [1.807, 2.05) is 20.8 Å². The van der Waals surface area contributed by atoms with Crippen LogP contribution in [0.4, 0.5) is 0 Å². The predicted octanol–water partition coefficient (Wildman–Crippen LogP) is 3.00. The van der Waals surface area contributed by atoms with E-state index in [1.165, 1.54) is 32.1 Å². The molecule has 136 valence electrons. The average molecular weight is 554 g/mol. The summed E-state index contributed by atoms with van der Waals surface area (Å²) in [5, 5.41) is 11.2. The maximum absolute atomic E-state index is 11.5. The fourth-order valence-corrected chi connectivity index (χ4v) is 2.51. The summed E-state index contributed by atoms with van der Waals surface area (Å²) in [5.41, 5.74) is 5.28. The molecule has 0 atom stereocenters. The zero-order chi connectivity index (χ0) is 17.0. The third-order valence-corrected chi connectivity index (χ3v) is 3.66. The minimum absolute atomic E-state index is 0. The topological polar surface area (TPSA) is 86.7 Å². The summed E-state index contributed by atoms with van der Waals surface area (Å²) in [5.74, 6) is 0.0270. The number of nitrogens with two attached hydrogens (primary N) is 1. The van der Waals surface area contributed by atoms with Crippen LogP contribution in [0.2, 0.25) is 0 Å². The quantitative estimate of drug-likeness (QED) is 0.489. The number of hydrogen-bond acceptors (Lipinski definition) is 4. The second-order valence-corrected chi connectivity index (χ2v) is 6.88. The van der Waals surface area contributed by atoms with Crippen molar-refractivity contribution in [1.29, 1.82) is 0 Å². The third kappa shape index (κ3) is 14.5. The smallest absolute Gasteiger partial charge is 0.309 e. The van der Waals surface area contributed by atoms with Crippen molar-refractivity contribution in [2.75, 3.05) is 20.2 Å². The first-order chi connectivity index (χ1) is 10.4. The van der Waals surface area contributed by atoms with E-state index < -0.39 is 0 Å². The minimum Gasteiger partial charge on any atom is -0.662 e. The van der Waals surface area contributed by atoms with Gasteiger partial charge < -0.3 is 20.9 Å². The molecule has 23 heavy (non-hydrogen) atoms. The van der Waals surface area contributed by atoms with E-state index in [0.717, 1.165) is 33.0 Å². The van der Waals surface area contributed by atoms with E-state index in [2.05, 4.69) is 5.32 Å². The number of aliphatic hydroxyl groups excluding tert-OH is 1. The first kappa shape index (κ1) is 25.6. The summed E-state index contributed by atoms with van der Waals surface area (Å²) in [6, 6.07) is 0.536. The fraction of sp³-hybridized carbons (Fsp3) is 0.941. The second kappa shape index (κ2) is 14.7. The molecule has 2 rings (SSSR count). The number of ether oxygens (including phenoxy) is 1. The summed E-state index contributed by atoms with van der Waals surface area (Å²) in [6.45, 7) is 7.32. The van der Waals surface area contributed by atoms with E-state index in [9.17, 15) is 4.79 Å². The van der Waals surface area contributed by atoms with Crippen molar-refractivity contribution in [2.24, 2.45) is 11.7 Å². The molecule has 1 aliphatic heterocycles. The molecule has 0 aromatic heterocycles. The van der Waals surface area contributed by atoms with Crippen molar-refractivity contribution in [3.05, 3.63) is 5.32 Å². The Morgan fingerprint density at radius 1 is 1.04 bits per heavy atom. The van der Waals surface area contributed by atoms with Gasteiger partial charge >= 0.3 is 5.97 Å². The summed E-state index contributed by atoms with van der Waals surface area (Å²) >= 11 is 0. The molecule has 0 bridgehead atoms. The molecular weight excluding hydrogens is 518 g/mol. The summed E-state index contributed by atoms with van der Waals surface area (Å²) in [7, 11) is 1.00. The second-order valence-electron chi connectivity index (χ2n) is 6.88. The maximum atomic E-state index is 11.5. The van der Waals surface area contributed by atoms with Crippen LogP contribution in [-0.2, 0) is 9.53 Å². The van der Waals surface area contributed by atoms with Gasteiger partial charge in [-0.2, -0.15) is 0 Å². The van der Waals surface area contributed by atoms with Crippen molar-refractivity contribution in [1.82, 2.24) is 0 Å². The van der Waals surface area contributed by atoms with Crippen LogP contribution in [0.5, 0.6) is 0 Å². The fourth-order valence-electron chi connectivity index (χ4n) is 2.51. The molecule has 6 heteroatoms. The van der Waals surface area contributed by atoms with Crippen molar-refractivity contribution in [3.8, 4) is 0 Å². The Bertz CT molecular complexity index is 284. The zero-order valence-corrected chi connectivity index (χ0v) is 19.5. The number of nitrogens with zero attached hydrogens (tertiary/aromatic N) is 1. The van der Waals surface area contributed by atoms with Gasteiger partial charge in [0, 0.05) is 44.3 Å². The van der Waals surface area contributed by atoms with Crippen molar-refractivity contribution in [3.63, 3.8) is 0 Å². The molecule has 0 spiro atoms. The molecule has 0 aromatic carbocycles. The number of aliphatic hydroxyl groups is 1. The number of hydrogen-bond donors (Lipinski definition) is 2. The molecule has 5 nitrogen and oxygen atoms in total. The largest absolute Gasteiger partial charge is 0.662 e. The van der Waals surface area contributed by atoms with Crippen molar-refractivity contribution in [2.45, 2.75) is 77.4 Å². The minimum atomic E-state index is -0.355. The molecule has 0 radical (unpaired) electrons. The monoisotopic (exact) mass is 553 g/mol. The number of carbonyl (C=O) groups excluding carboxylic acids is 1. The maximum Gasteiger partial charge on any atom is 0.309 e. The first-order valence-corrected chi connectivity index (χ1v) is 8.45. The van der Waals surface area contributed by atoms with Gasteiger partial charge in [0.15, 0.2) is 0 Å². The van der Waals surface area contributed by atoms with Gasteiger partial charge in [-0.15, -0.1) is 13.1 Å². The Morgan fingerprint density at radius 2 is 1.52 bits per heavy atom. The standard InChI is InChI=1S/C10H18NO2.C6H13N.CH4O.U/c1-10(2,3)13-9(12)8-4-6-11-7-5-8;7-6-4-2-1-3-5-6;1-2;/h8H,4-7H2,1-3H3;6H,1-5,7H2;2H,1H3;/q-1;;;. The zero-order valence-electron chi connectivity index (χ0n) is 15.3. The molecule has 1 heterocycles. The van der Waals surface area contributed by atoms with Crippen LogP contribution in [0.15, 0.2) is 0 Å². The summed E-state index contributed by atoms with van der Waals surface area (Å²) in [4.78, 5) is 11.5. The van der Waals surface area contributed by atoms with Crippen LogP contribution >= 0.6 is 0 Å². The molecular formula is C17H35N2O3U-. The van der Waals surface area contributed by atoms with Crippen molar-refractivity contribution >= 4 is 5.97 Å². The Labute approximate surface area is 165 Å². The average Bonchev–Trinajstić information content (AvgIpc) is 2.50. The SMILES string of the molecule is CC(C)(C)OC(=O)C1CC[N-]CC1.CO.NC1CCCCC1.[U]. The number of rotatable bonds is 1. The van der Waals surface area contributed by atoms with Crippen molar-refractivity contribution < 1.29 is 45.8 Å².